The van der Waals surface area contributed by atoms with E-state index in [0.29, 0.717) is 6.54 Å². The fraction of sp³-hybridized carbons (Fsp3) is 0.290. The van der Waals surface area contributed by atoms with E-state index in [1.165, 1.54) is 39.4 Å². The van der Waals surface area contributed by atoms with Gasteiger partial charge in [0.2, 0.25) is 0 Å². The predicted molar refractivity (Wildman–Crippen MR) is 165 cm³/mol. The second kappa shape index (κ2) is 10.1. The Morgan fingerprint density at radius 3 is 2.56 bits per heavy atom. The van der Waals surface area contributed by atoms with Crippen LogP contribution in [0.25, 0.3) is 43.6 Å². The molecule has 0 aliphatic carbocycles. The van der Waals surface area contributed by atoms with E-state index in [-0.39, 0.29) is 24.5 Å². The number of benzene rings is 4. The molecular formula is C31H28N5O8P. The standard InChI is InChI=1S/C31H28N5O8P/c1-41-15-31-16-42-26(27(31)44-45(2,39)40)29(43-31)36-13-22(28(37)32-30(36)38)23-14-35(34-33-23)12-20-9-8-19-7-6-17-4-3-5-18-10-11-21(20)25(19)24(17)18/h3-11,13-14,26-27,29H,12,15-16H2,1-2H3,(H,39,40)(H,32,37,38)/t26-,27?,29+,31-/m0/s1. The normalized spacial score (nSPS) is 24.3. The highest BCUT2D eigenvalue weighted by Crippen LogP contribution is 2.52. The van der Waals surface area contributed by atoms with Crippen LogP contribution in [0.15, 0.2) is 76.6 Å². The van der Waals surface area contributed by atoms with Gasteiger partial charge in [0.15, 0.2) is 6.23 Å². The lowest BCUT2D eigenvalue weighted by molar-refractivity contribution is -0.190. The Balaban J connectivity index is 1.14. The molecule has 4 aromatic carbocycles. The summed E-state index contributed by atoms with van der Waals surface area (Å²) in [5.74, 6) is 0. The van der Waals surface area contributed by atoms with Crippen molar-refractivity contribution in [2.24, 2.45) is 0 Å². The van der Waals surface area contributed by atoms with E-state index in [2.05, 4.69) is 69.9 Å². The molecular weight excluding hydrogens is 601 g/mol. The summed E-state index contributed by atoms with van der Waals surface area (Å²) in [6.45, 7) is 1.50. The number of nitrogens with one attached hydrogen (secondary N) is 1. The number of fused-ring (bicyclic) bond motifs is 2. The molecule has 5 atom stereocenters. The number of aromatic amines is 1. The highest BCUT2D eigenvalue weighted by atomic mass is 31.2. The molecule has 2 aliphatic heterocycles. The average molecular weight is 630 g/mol. The molecule has 2 N–H and O–H groups in total. The lowest BCUT2D eigenvalue weighted by Crippen LogP contribution is -2.46. The molecule has 2 aliphatic rings. The molecule has 0 saturated carbocycles. The minimum atomic E-state index is -3.95. The van der Waals surface area contributed by atoms with E-state index >= 15 is 0 Å². The number of methoxy groups -OCH3 is 1. The number of rotatable bonds is 8. The summed E-state index contributed by atoms with van der Waals surface area (Å²) < 4.78 is 37.8. The summed E-state index contributed by atoms with van der Waals surface area (Å²) in [6.07, 6.45) is 0.00912. The molecule has 2 aromatic heterocycles. The molecule has 4 heterocycles. The van der Waals surface area contributed by atoms with Crippen LogP contribution < -0.4 is 11.2 Å². The van der Waals surface area contributed by atoms with Crippen LogP contribution in [0.2, 0.25) is 0 Å². The first-order valence-corrected chi connectivity index (χ1v) is 16.3. The molecule has 14 heteroatoms. The third-order valence-electron chi connectivity index (χ3n) is 8.68. The molecule has 230 valence electrons. The zero-order chi connectivity index (χ0) is 31.1. The Hall–Kier alpha value is -4.23. The first-order chi connectivity index (χ1) is 21.6. The highest BCUT2D eigenvalue weighted by molar-refractivity contribution is 7.51. The third kappa shape index (κ3) is 4.54. The third-order valence-corrected chi connectivity index (χ3v) is 9.30. The van der Waals surface area contributed by atoms with Gasteiger partial charge in [-0.2, -0.15) is 0 Å². The van der Waals surface area contributed by atoms with Crippen LogP contribution in [0, 0.1) is 0 Å². The fourth-order valence-electron chi connectivity index (χ4n) is 6.79. The van der Waals surface area contributed by atoms with E-state index < -0.39 is 42.9 Å². The summed E-state index contributed by atoms with van der Waals surface area (Å²) in [4.78, 5) is 38.3. The number of hydrogen-bond donors (Lipinski definition) is 2. The van der Waals surface area contributed by atoms with Gasteiger partial charge in [0.1, 0.15) is 23.5 Å². The van der Waals surface area contributed by atoms with Crippen molar-refractivity contribution in [3.8, 4) is 11.3 Å². The van der Waals surface area contributed by atoms with Crippen LogP contribution in [0.1, 0.15) is 11.8 Å². The molecule has 2 fully saturated rings. The van der Waals surface area contributed by atoms with Crippen LogP contribution in [0.5, 0.6) is 0 Å². The zero-order valence-electron chi connectivity index (χ0n) is 24.2. The Morgan fingerprint density at radius 1 is 1.07 bits per heavy atom. The van der Waals surface area contributed by atoms with Gasteiger partial charge in [-0.1, -0.05) is 59.8 Å². The highest BCUT2D eigenvalue weighted by Gasteiger charge is 2.64. The molecule has 13 nitrogen and oxygen atoms in total. The van der Waals surface area contributed by atoms with Crippen molar-refractivity contribution in [2.45, 2.75) is 30.6 Å². The predicted octanol–water partition coefficient (Wildman–Crippen LogP) is 3.25. The summed E-state index contributed by atoms with van der Waals surface area (Å²) in [6, 6.07) is 19.0. The molecule has 0 amide bonds. The molecule has 2 saturated heterocycles. The van der Waals surface area contributed by atoms with Gasteiger partial charge in [-0.25, -0.2) is 9.48 Å². The van der Waals surface area contributed by atoms with E-state index in [0.717, 1.165) is 23.0 Å². The van der Waals surface area contributed by atoms with Gasteiger partial charge in [0.05, 0.1) is 31.5 Å². The van der Waals surface area contributed by atoms with E-state index in [1.807, 2.05) is 0 Å². The first kappa shape index (κ1) is 28.3. The quantitative estimate of drug-likeness (QED) is 0.189. The Morgan fingerprint density at radius 2 is 1.80 bits per heavy atom. The number of hydrogen-bond acceptors (Lipinski definition) is 9. The number of nitrogens with zero attached hydrogens (tertiary/aromatic N) is 4. The van der Waals surface area contributed by atoms with E-state index in [1.54, 1.807) is 10.9 Å². The lowest BCUT2D eigenvalue weighted by atomic mass is 9.92. The van der Waals surface area contributed by atoms with Gasteiger partial charge in [0, 0.05) is 20.0 Å². The van der Waals surface area contributed by atoms with E-state index in [9.17, 15) is 19.0 Å². The summed E-state index contributed by atoms with van der Waals surface area (Å²) >= 11 is 0. The van der Waals surface area contributed by atoms with Crippen LogP contribution >= 0.6 is 7.60 Å². The van der Waals surface area contributed by atoms with Crippen molar-refractivity contribution in [1.82, 2.24) is 24.5 Å². The molecule has 2 bridgehead atoms. The summed E-state index contributed by atoms with van der Waals surface area (Å²) in [7, 11) is -2.50. The second-order valence-electron chi connectivity index (χ2n) is 11.7. The Labute approximate surface area is 254 Å². The first-order valence-electron chi connectivity index (χ1n) is 14.3. The summed E-state index contributed by atoms with van der Waals surface area (Å²) in [5, 5.41) is 15.6. The van der Waals surface area contributed by atoms with Gasteiger partial charge in [0.25, 0.3) is 5.56 Å². The van der Waals surface area contributed by atoms with Gasteiger partial charge >= 0.3 is 13.3 Å². The minimum absolute atomic E-state index is 0.00694. The lowest BCUT2D eigenvalue weighted by Gasteiger charge is -2.31. The maximum atomic E-state index is 13.0. The van der Waals surface area contributed by atoms with Crippen molar-refractivity contribution >= 4 is 39.9 Å². The van der Waals surface area contributed by atoms with Crippen molar-refractivity contribution < 1.29 is 28.2 Å². The summed E-state index contributed by atoms with van der Waals surface area (Å²) in [5.41, 5.74) is -1.25. The smallest absolute Gasteiger partial charge is 0.330 e. The molecule has 0 radical (unpaired) electrons. The van der Waals surface area contributed by atoms with Crippen molar-refractivity contribution in [2.75, 3.05) is 27.0 Å². The number of ether oxygens (including phenoxy) is 3. The van der Waals surface area contributed by atoms with Crippen LogP contribution in [-0.4, -0.2) is 74.2 Å². The van der Waals surface area contributed by atoms with Crippen LogP contribution in [0.4, 0.5) is 0 Å². The molecule has 2 unspecified atom stereocenters. The van der Waals surface area contributed by atoms with Gasteiger partial charge < -0.3 is 19.1 Å². The number of aromatic nitrogens is 5. The molecule has 6 aromatic rings. The molecule has 0 spiro atoms. The number of H-pyrrole nitrogens is 1. The maximum absolute atomic E-state index is 13.0. The van der Waals surface area contributed by atoms with Crippen molar-refractivity contribution in [3.63, 3.8) is 0 Å². The molecule has 45 heavy (non-hydrogen) atoms. The van der Waals surface area contributed by atoms with Crippen LogP contribution in [-0.2, 0) is 29.8 Å². The second-order valence-corrected chi connectivity index (χ2v) is 13.5. The van der Waals surface area contributed by atoms with Crippen LogP contribution in [0.3, 0.4) is 0 Å². The topological polar surface area (TPSA) is 160 Å². The van der Waals surface area contributed by atoms with E-state index in [4.69, 9.17) is 18.7 Å². The fourth-order valence-corrected chi connectivity index (χ4v) is 7.53. The average Bonchev–Trinajstić information content (AvgIpc) is 3.68. The monoisotopic (exact) mass is 629 g/mol. The van der Waals surface area contributed by atoms with Gasteiger partial charge in [-0.3, -0.25) is 23.4 Å². The maximum Gasteiger partial charge on any atom is 0.330 e. The minimum Gasteiger partial charge on any atom is -0.381 e. The SMILES string of the molecule is COC[C@]12CO[C@@H](C1OP(C)(=O)O)[C@H](n1cc(-c3cn(Cc4ccc5ccc6cccc7ccc4c5c67)nn3)c(=O)[nH]c1=O)O2. The van der Waals surface area contributed by atoms with Crippen molar-refractivity contribution in [3.05, 3.63) is 93.4 Å². The van der Waals surface area contributed by atoms with Crippen molar-refractivity contribution in [1.29, 1.82) is 0 Å². The van der Waals surface area contributed by atoms with Gasteiger partial charge in [-0.15, -0.1) is 5.10 Å². The Kier molecular flexibility index (Phi) is 6.37. The largest absolute Gasteiger partial charge is 0.381 e. The zero-order valence-corrected chi connectivity index (χ0v) is 25.1. The Bertz CT molecular complexity index is 2260. The molecule has 8 rings (SSSR count). The van der Waals surface area contributed by atoms with Gasteiger partial charge in [-0.05, 0) is 37.9 Å².